The average Bonchev–Trinajstić information content (AvgIpc) is 2.40. The lowest BCUT2D eigenvalue weighted by molar-refractivity contribution is 1.13. The van der Waals surface area contributed by atoms with Gasteiger partial charge in [-0.05, 0) is 30.3 Å². The van der Waals surface area contributed by atoms with Gasteiger partial charge in [-0.25, -0.2) is 9.97 Å². The van der Waals surface area contributed by atoms with Gasteiger partial charge in [0.1, 0.15) is 10.8 Å². The van der Waals surface area contributed by atoms with Crippen LogP contribution >= 0.6 is 11.8 Å². The Morgan fingerprint density at radius 1 is 1.00 bits per heavy atom. The third-order valence-electron chi connectivity index (χ3n) is 2.57. The second-order valence-electron chi connectivity index (χ2n) is 3.92. The van der Waals surface area contributed by atoms with Gasteiger partial charge in [0.25, 0.3) is 0 Å². The first-order chi connectivity index (χ1) is 9.22. The predicted molar refractivity (Wildman–Crippen MR) is 76.7 cm³/mol. The molecule has 0 saturated carbocycles. The maximum Gasteiger partial charge on any atom is 0.222 e. The van der Waals surface area contributed by atoms with Crippen molar-refractivity contribution in [1.82, 2.24) is 15.0 Å². The molecule has 1 aromatic carbocycles. The Balaban J connectivity index is 2.02. The Morgan fingerprint density at radius 3 is 2.68 bits per heavy atom. The number of nitrogens with zero attached hydrogens (tertiary/aromatic N) is 3. The van der Waals surface area contributed by atoms with Gasteiger partial charge in [0.15, 0.2) is 0 Å². The zero-order chi connectivity index (χ0) is 13.2. The number of hydrogen-bond donors (Lipinski definition) is 2. The molecular weight excluding hydrogens is 258 g/mol. The summed E-state index contributed by atoms with van der Waals surface area (Å²) in [5, 5.41) is 1.73. The highest BCUT2D eigenvalue weighted by Crippen LogP contribution is 2.29. The highest BCUT2D eigenvalue weighted by molar-refractivity contribution is 7.99. The van der Waals surface area contributed by atoms with Crippen LogP contribution in [-0.2, 0) is 0 Å². The maximum atomic E-state index is 5.86. The minimum atomic E-state index is 0.190. The Morgan fingerprint density at radius 2 is 1.89 bits per heavy atom. The first-order valence-electron chi connectivity index (χ1n) is 5.64. The standard InChI is InChI=1S/C13H11N5S/c14-12-9-7-8(19-11-3-1-2-6-16-11)4-5-10(9)17-13(15)18-12/h1-7H,(H4,14,15,17,18). The molecule has 0 atom stereocenters. The molecule has 0 unspecified atom stereocenters. The lowest BCUT2D eigenvalue weighted by atomic mass is 10.2. The molecule has 2 heterocycles. The molecule has 0 saturated heterocycles. The molecule has 3 rings (SSSR count). The highest BCUT2D eigenvalue weighted by Gasteiger charge is 2.05. The van der Waals surface area contributed by atoms with E-state index in [1.165, 1.54) is 0 Å². The van der Waals surface area contributed by atoms with Crippen molar-refractivity contribution in [1.29, 1.82) is 0 Å². The molecule has 0 aliphatic carbocycles. The number of rotatable bonds is 2. The third-order valence-corrected chi connectivity index (χ3v) is 3.51. The van der Waals surface area contributed by atoms with Crippen molar-refractivity contribution >= 4 is 34.4 Å². The van der Waals surface area contributed by atoms with Crippen LogP contribution < -0.4 is 11.5 Å². The number of benzene rings is 1. The second-order valence-corrected chi connectivity index (χ2v) is 5.01. The molecule has 19 heavy (non-hydrogen) atoms. The summed E-state index contributed by atoms with van der Waals surface area (Å²) < 4.78 is 0. The van der Waals surface area contributed by atoms with Crippen LogP contribution in [0.4, 0.5) is 11.8 Å². The van der Waals surface area contributed by atoms with Gasteiger partial charge >= 0.3 is 0 Å². The number of nitrogen functional groups attached to an aromatic ring is 2. The van der Waals surface area contributed by atoms with E-state index in [1.54, 1.807) is 18.0 Å². The van der Waals surface area contributed by atoms with E-state index in [4.69, 9.17) is 11.5 Å². The van der Waals surface area contributed by atoms with Crippen molar-refractivity contribution < 1.29 is 0 Å². The summed E-state index contributed by atoms with van der Waals surface area (Å²) in [6.07, 6.45) is 1.77. The number of nitrogens with two attached hydrogens (primary N) is 2. The van der Waals surface area contributed by atoms with Gasteiger partial charge in [-0.1, -0.05) is 17.8 Å². The molecule has 6 heteroatoms. The van der Waals surface area contributed by atoms with E-state index in [0.717, 1.165) is 20.8 Å². The van der Waals surface area contributed by atoms with E-state index < -0.39 is 0 Å². The summed E-state index contributed by atoms with van der Waals surface area (Å²) in [5.74, 6) is 0.584. The summed E-state index contributed by atoms with van der Waals surface area (Å²) in [7, 11) is 0. The van der Waals surface area contributed by atoms with Crippen LogP contribution in [0.15, 0.2) is 52.5 Å². The van der Waals surface area contributed by atoms with Crippen molar-refractivity contribution in [3.8, 4) is 0 Å². The summed E-state index contributed by atoms with van der Waals surface area (Å²) in [6.45, 7) is 0. The van der Waals surface area contributed by atoms with Crippen molar-refractivity contribution in [2.45, 2.75) is 9.92 Å². The average molecular weight is 269 g/mol. The van der Waals surface area contributed by atoms with Crippen LogP contribution in [0.1, 0.15) is 0 Å². The fourth-order valence-corrected chi connectivity index (χ4v) is 2.56. The molecule has 4 N–H and O–H groups in total. The molecule has 0 spiro atoms. The van der Waals surface area contributed by atoms with Crippen molar-refractivity contribution in [3.63, 3.8) is 0 Å². The second kappa shape index (κ2) is 4.74. The molecule has 0 radical (unpaired) electrons. The quantitative estimate of drug-likeness (QED) is 0.742. The molecule has 0 fully saturated rings. The lowest BCUT2D eigenvalue weighted by Crippen LogP contribution is -2.00. The molecule has 3 aromatic rings. The van der Waals surface area contributed by atoms with Gasteiger partial charge in [-0.2, -0.15) is 4.98 Å². The van der Waals surface area contributed by atoms with Gasteiger partial charge in [-0.15, -0.1) is 0 Å². The Bertz CT molecular complexity index is 730. The molecule has 94 valence electrons. The number of aromatic nitrogens is 3. The van der Waals surface area contributed by atoms with Crippen LogP contribution in [0.3, 0.4) is 0 Å². The summed E-state index contributed by atoms with van der Waals surface area (Å²) >= 11 is 1.56. The highest BCUT2D eigenvalue weighted by atomic mass is 32.2. The minimum Gasteiger partial charge on any atom is -0.383 e. The number of hydrogen-bond acceptors (Lipinski definition) is 6. The molecule has 0 amide bonds. The predicted octanol–water partition coefficient (Wildman–Crippen LogP) is 2.34. The molecule has 5 nitrogen and oxygen atoms in total. The van der Waals surface area contributed by atoms with E-state index in [9.17, 15) is 0 Å². The fraction of sp³-hybridized carbons (Fsp3) is 0. The van der Waals surface area contributed by atoms with E-state index in [1.807, 2.05) is 36.4 Å². The van der Waals surface area contributed by atoms with E-state index in [2.05, 4.69) is 15.0 Å². The molecular formula is C13H11N5S. The molecule has 0 aliphatic heterocycles. The van der Waals surface area contributed by atoms with Crippen LogP contribution in [0.2, 0.25) is 0 Å². The summed E-state index contributed by atoms with van der Waals surface area (Å²) in [6, 6.07) is 11.6. The number of fused-ring (bicyclic) bond motifs is 1. The monoisotopic (exact) mass is 269 g/mol. The van der Waals surface area contributed by atoms with E-state index >= 15 is 0 Å². The normalized spacial score (nSPS) is 10.7. The lowest BCUT2D eigenvalue weighted by Gasteiger charge is -2.05. The summed E-state index contributed by atoms with van der Waals surface area (Å²) in [4.78, 5) is 13.4. The van der Waals surface area contributed by atoms with Gasteiger partial charge in [-0.3, -0.25) is 0 Å². The zero-order valence-corrected chi connectivity index (χ0v) is 10.8. The summed E-state index contributed by atoms with van der Waals surface area (Å²) in [5.41, 5.74) is 12.2. The van der Waals surface area contributed by atoms with Crippen molar-refractivity contribution in [2.75, 3.05) is 11.5 Å². The SMILES string of the molecule is Nc1nc(N)c2cc(Sc3ccccn3)ccc2n1. The first kappa shape index (κ1) is 11.7. The largest absolute Gasteiger partial charge is 0.383 e. The van der Waals surface area contributed by atoms with Gasteiger partial charge in [0.05, 0.1) is 5.52 Å². The molecule has 0 bridgehead atoms. The topological polar surface area (TPSA) is 90.7 Å². The van der Waals surface area contributed by atoms with Crippen LogP contribution in [-0.4, -0.2) is 15.0 Å². The van der Waals surface area contributed by atoms with Crippen molar-refractivity contribution in [2.24, 2.45) is 0 Å². The van der Waals surface area contributed by atoms with Crippen LogP contribution in [0.25, 0.3) is 10.9 Å². The van der Waals surface area contributed by atoms with Crippen molar-refractivity contribution in [3.05, 3.63) is 42.6 Å². The van der Waals surface area contributed by atoms with Gasteiger partial charge < -0.3 is 11.5 Å². The first-order valence-corrected chi connectivity index (χ1v) is 6.46. The van der Waals surface area contributed by atoms with Gasteiger partial charge in [0.2, 0.25) is 5.95 Å². The van der Waals surface area contributed by atoms with Crippen LogP contribution in [0.5, 0.6) is 0 Å². The Labute approximate surface area is 114 Å². The minimum absolute atomic E-state index is 0.190. The van der Waals surface area contributed by atoms with E-state index in [-0.39, 0.29) is 5.95 Å². The Kier molecular flexibility index (Phi) is 2.92. The molecule has 2 aromatic heterocycles. The zero-order valence-electron chi connectivity index (χ0n) is 9.95. The smallest absolute Gasteiger partial charge is 0.222 e. The maximum absolute atomic E-state index is 5.86. The fourth-order valence-electron chi connectivity index (χ4n) is 1.74. The van der Waals surface area contributed by atoms with E-state index in [0.29, 0.717) is 5.82 Å². The third kappa shape index (κ3) is 2.43. The van der Waals surface area contributed by atoms with Gasteiger partial charge in [0, 0.05) is 16.5 Å². The number of pyridine rings is 1. The Hall–Kier alpha value is -2.34. The number of anilines is 2. The van der Waals surface area contributed by atoms with Crippen LogP contribution in [0, 0.1) is 0 Å². The molecule has 0 aliphatic rings.